The lowest BCUT2D eigenvalue weighted by Gasteiger charge is -2.40. The van der Waals surface area contributed by atoms with Crippen molar-refractivity contribution in [1.82, 2.24) is 4.98 Å². The van der Waals surface area contributed by atoms with Crippen LogP contribution in [0.5, 0.6) is 0 Å². The highest BCUT2D eigenvalue weighted by molar-refractivity contribution is 7.14. The van der Waals surface area contributed by atoms with Crippen molar-refractivity contribution in [2.75, 3.05) is 5.32 Å². The van der Waals surface area contributed by atoms with Gasteiger partial charge in [0, 0.05) is 23.1 Å². The summed E-state index contributed by atoms with van der Waals surface area (Å²) >= 11 is 1.25. The minimum Gasteiger partial charge on any atom is -0.301 e. The summed E-state index contributed by atoms with van der Waals surface area (Å²) < 4.78 is 13.6. The number of carbonyl (C=O) groups excluding carboxylic acids is 1. The Morgan fingerprint density at radius 3 is 2.68 bits per heavy atom. The number of halogens is 1. The van der Waals surface area contributed by atoms with Crippen molar-refractivity contribution in [2.24, 2.45) is 0 Å². The summed E-state index contributed by atoms with van der Waals surface area (Å²) in [7, 11) is 0. The predicted molar refractivity (Wildman–Crippen MR) is 105 cm³/mol. The van der Waals surface area contributed by atoms with E-state index < -0.39 is 10.3 Å². The lowest BCUT2D eigenvalue weighted by Crippen LogP contribution is -2.46. The molecule has 28 heavy (non-hydrogen) atoms. The number of carbonyl (C=O) groups is 1. The van der Waals surface area contributed by atoms with Crippen LogP contribution in [0.2, 0.25) is 0 Å². The first kappa shape index (κ1) is 18.2. The van der Waals surface area contributed by atoms with Crippen LogP contribution in [0.4, 0.5) is 15.2 Å². The van der Waals surface area contributed by atoms with Gasteiger partial charge in [-0.1, -0.05) is 30.7 Å². The van der Waals surface area contributed by atoms with Gasteiger partial charge in [-0.15, -0.1) is 11.3 Å². The van der Waals surface area contributed by atoms with Crippen LogP contribution in [-0.4, -0.2) is 15.8 Å². The Kier molecular flexibility index (Phi) is 4.64. The monoisotopic (exact) mass is 397 g/mol. The Balaban J connectivity index is 1.56. The molecule has 0 unspecified atom stereocenters. The average molecular weight is 397 g/mol. The van der Waals surface area contributed by atoms with Gasteiger partial charge in [-0.25, -0.2) is 9.37 Å². The summed E-state index contributed by atoms with van der Waals surface area (Å²) in [6.45, 7) is 0. The van der Waals surface area contributed by atoms with E-state index in [9.17, 15) is 19.3 Å². The standard InChI is InChI=1S/C20H16FN3O3S/c21-15-6-2-5-14(11-15)20(8-3-9-20)18(25)23-19-22-17(12-28-19)13-4-1-7-16(10-13)24(26)27/h1-2,4-7,10-12H,3,8-9H2,(H,22,23,25). The van der Waals surface area contributed by atoms with Crippen molar-refractivity contribution >= 4 is 28.1 Å². The molecule has 4 rings (SSSR count). The van der Waals surface area contributed by atoms with Crippen LogP contribution in [0.1, 0.15) is 24.8 Å². The Labute approximate surface area is 164 Å². The van der Waals surface area contributed by atoms with Crippen LogP contribution in [0.3, 0.4) is 0 Å². The topological polar surface area (TPSA) is 85.1 Å². The van der Waals surface area contributed by atoms with Gasteiger partial charge in [0.1, 0.15) is 5.82 Å². The van der Waals surface area contributed by atoms with Gasteiger partial charge >= 0.3 is 0 Å². The molecule has 8 heteroatoms. The average Bonchev–Trinajstić information content (AvgIpc) is 3.09. The molecule has 1 fully saturated rings. The lowest BCUT2D eigenvalue weighted by molar-refractivity contribution is -0.384. The molecule has 1 aliphatic rings. The zero-order chi connectivity index (χ0) is 19.7. The number of rotatable bonds is 5. The SMILES string of the molecule is O=C(Nc1nc(-c2cccc([N+](=O)[O-])c2)cs1)C1(c2cccc(F)c2)CCC1. The van der Waals surface area contributed by atoms with Crippen LogP contribution in [0, 0.1) is 15.9 Å². The van der Waals surface area contributed by atoms with E-state index in [0.29, 0.717) is 34.8 Å². The first-order valence-electron chi connectivity index (χ1n) is 8.76. The summed E-state index contributed by atoms with van der Waals surface area (Å²) in [4.78, 5) is 27.8. The van der Waals surface area contributed by atoms with Crippen LogP contribution in [-0.2, 0) is 10.2 Å². The maximum atomic E-state index is 13.6. The highest BCUT2D eigenvalue weighted by atomic mass is 32.1. The van der Waals surface area contributed by atoms with Gasteiger partial charge in [-0.2, -0.15) is 0 Å². The zero-order valence-corrected chi connectivity index (χ0v) is 15.5. The molecule has 0 radical (unpaired) electrons. The zero-order valence-electron chi connectivity index (χ0n) is 14.7. The number of thiazole rings is 1. The Morgan fingerprint density at radius 1 is 1.21 bits per heavy atom. The largest absolute Gasteiger partial charge is 0.301 e. The number of aromatic nitrogens is 1. The van der Waals surface area contributed by atoms with Gasteiger partial charge in [0.2, 0.25) is 5.91 Å². The maximum absolute atomic E-state index is 13.6. The molecule has 0 saturated heterocycles. The second-order valence-corrected chi connectivity index (χ2v) is 7.60. The van der Waals surface area contributed by atoms with Crippen LogP contribution in [0.25, 0.3) is 11.3 Å². The number of benzene rings is 2. The predicted octanol–water partition coefficient (Wildman–Crippen LogP) is 4.92. The highest BCUT2D eigenvalue weighted by Crippen LogP contribution is 2.45. The molecule has 1 heterocycles. The fourth-order valence-corrected chi connectivity index (χ4v) is 4.14. The van der Waals surface area contributed by atoms with E-state index in [4.69, 9.17) is 0 Å². The summed E-state index contributed by atoms with van der Waals surface area (Å²) in [5.74, 6) is -0.567. The number of nitro benzene ring substituents is 1. The van der Waals surface area contributed by atoms with Gasteiger partial charge in [0.05, 0.1) is 16.0 Å². The summed E-state index contributed by atoms with van der Waals surface area (Å²) in [6.07, 6.45) is 2.22. The molecule has 1 aliphatic carbocycles. The number of non-ortho nitro benzene ring substituents is 1. The van der Waals surface area contributed by atoms with Gasteiger partial charge < -0.3 is 5.32 Å². The molecule has 0 aliphatic heterocycles. The smallest absolute Gasteiger partial charge is 0.270 e. The molecule has 6 nitrogen and oxygen atoms in total. The van der Waals surface area contributed by atoms with Crippen LogP contribution < -0.4 is 5.32 Å². The van der Waals surface area contributed by atoms with Gasteiger partial charge in [0.15, 0.2) is 5.13 Å². The number of hydrogen-bond donors (Lipinski definition) is 1. The number of hydrogen-bond acceptors (Lipinski definition) is 5. The molecule has 1 saturated carbocycles. The second-order valence-electron chi connectivity index (χ2n) is 6.75. The molecule has 1 amide bonds. The van der Waals surface area contributed by atoms with E-state index in [1.807, 2.05) is 0 Å². The number of nitrogens with zero attached hydrogens (tertiary/aromatic N) is 2. The Bertz CT molecular complexity index is 1060. The van der Waals surface area contributed by atoms with Gasteiger partial charge in [-0.3, -0.25) is 14.9 Å². The summed E-state index contributed by atoms with van der Waals surface area (Å²) in [5, 5.41) is 15.9. The third-order valence-corrected chi connectivity index (χ3v) is 5.85. The molecule has 3 aromatic rings. The molecular weight excluding hydrogens is 381 g/mol. The summed E-state index contributed by atoms with van der Waals surface area (Å²) in [5.41, 5.74) is 1.08. The number of anilines is 1. The molecule has 0 spiro atoms. The molecule has 0 atom stereocenters. The minimum atomic E-state index is -0.737. The molecular formula is C20H16FN3O3S. The Hall–Kier alpha value is -3.13. The van der Waals surface area contributed by atoms with Gasteiger partial charge in [-0.05, 0) is 30.5 Å². The van der Waals surface area contributed by atoms with Crippen molar-refractivity contribution < 1.29 is 14.1 Å². The number of nitrogens with one attached hydrogen (secondary N) is 1. The van der Waals surface area contributed by atoms with E-state index in [0.717, 1.165) is 6.42 Å². The van der Waals surface area contributed by atoms with Crippen molar-refractivity contribution in [1.29, 1.82) is 0 Å². The van der Waals surface area contributed by atoms with E-state index in [1.54, 1.807) is 29.6 Å². The number of nitro groups is 1. The Morgan fingerprint density at radius 2 is 2.00 bits per heavy atom. The third-order valence-electron chi connectivity index (χ3n) is 5.10. The highest BCUT2D eigenvalue weighted by Gasteiger charge is 2.46. The quantitative estimate of drug-likeness (QED) is 0.489. The van der Waals surface area contributed by atoms with E-state index in [2.05, 4.69) is 10.3 Å². The molecule has 2 aromatic carbocycles. The molecule has 142 valence electrons. The van der Waals surface area contributed by atoms with Gasteiger partial charge in [0.25, 0.3) is 5.69 Å². The minimum absolute atomic E-state index is 0.0180. The van der Waals surface area contributed by atoms with E-state index in [1.165, 1.54) is 35.6 Å². The summed E-state index contributed by atoms with van der Waals surface area (Å²) in [6, 6.07) is 12.3. The van der Waals surface area contributed by atoms with Crippen LogP contribution >= 0.6 is 11.3 Å². The molecule has 0 bridgehead atoms. The fourth-order valence-electron chi connectivity index (χ4n) is 3.42. The first-order valence-corrected chi connectivity index (χ1v) is 9.64. The first-order chi connectivity index (χ1) is 13.5. The van der Waals surface area contributed by atoms with Crippen molar-refractivity contribution in [3.05, 3.63) is 75.4 Å². The van der Waals surface area contributed by atoms with E-state index >= 15 is 0 Å². The third kappa shape index (κ3) is 3.27. The van der Waals surface area contributed by atoms with Crippen LogP contribution in [0.15, 0.2) is 53.9 Å². The molecule has 1 aromatic heterocycles. The van der Waals surface area contributed by atoms with Crippen molar-refractivity contribution in [2.45, 2.75) is 24.7 Å². The second kappa shape index (κ2) is 7.12. The lowest BCUT2D eigenvalue weighted by atomic mass is 9.64. The van der Waals surface area contributed by atoms with Crippen molar-refractivity contribution in [3.63, 3.8) is 0 Å². The van der Waals surface area contributed by atoms with E-state index in [-0.39, 0.29) is 17.4 Å². The van der Waals surface area contributed by atoms with Crippen molar-refractivity contribution in [3.8, 4) is 11.3 Å². The normalized spacial score (nSPS) is 14.9. The fraction of sp³-hybridized carbons (Fsp3) is 0.200. The molecule has 1 N–H and O–H groups in total. The number of amides is 1. The maximum Gasteiger partial charge on any atom is 0.270 e.